The van der Waals surface area contributed by atoms with Crippen molar-refractivity contribution >= 4 is 5.65 Å². The lowest BCUT2D eigenvalue weighted by Crippen LogP contribution is -2.02. The number of rotatable bonds is 3. The molecule has 14 heavy (non-hydrogen) atoms. The van der Waals surface area contributed by atoms with E-state index in [0.29, 0.717) is 0 Å². The molecule has 0 aromatic carbocycles. The zero-order valence-corrected chi connectivity index (χ0v) is 8.40. The number of hydrogen-bond donors (Lipinski definition) is 1. The van der Waals surface area contributed by atoms with Gasteiger partial charge in [-0.05, 0) is 38.4 Å². The number of hydrogen-bond acceptors (Lipinski definition) is 2. The molecule has 0 amide bonds. The van der Waals surface area contributed by atoms with E-state index >= 15 is 0 Å². The molecule has 2 heterocycles. The van der Waals surface area contributed by atoms with Crippen molar-refractivity contribution in [2.24, 2.45) is 5.73 Å². The van der Waals surface area contributed by atoms with Crippen molar-refractivity contribution in [2.75, 3.05) is 6.54 Å². The standard InChI is InChI=1S/C11H15N3/c1-9-10(5-4-7-12)14-8-3-2-6-11(14)13-9/h2-3,6,8H,4-5,7,12H2,1H3. The molecule has 3 nitrogen and oxygen atoms in total. The molecule has 0 aliphatic carbocycles. The van der Waals surface area contributed by atoms with Gasteiger partial charge in [-0.1, -0.05) is 6.07 Å². The summed E-state index contributed by atoms with van der Waals surface area (Å²) in [7, 11) is 0. The monoisotopic (exact) mass is 189 g/mol. The molecule has 2 aromatic rings. The van der Waals surface area contributed by atoms with Crippen molar-refractivity contribution < 1.29 is 0 Å². The maximum Gasteiger partial charge on any atom is 0.137 e. The summed E-state index contributed by atoms with van der Waals surface area (Å²) < 4.78 is 2.14. The molecule has 2 aromatic heterocycles. The Morgan fingerprint density at radius 1 is 1.43 bits per heavy atom. The van der Waals surface area contributed by atoms with Gasteiger partial charge in [0.15, 0.2) is 0 Å². The van der Waals surface area contributed by atoms with Crippen LogP contribution in [0.4, 0.5) is 0 Å². The number of fused-ring (bicyclic) bond motifs is 1. The van der Waals surface area contributed by atoms with E-state index in [2.05, 4.69) is 22.5 Å². The molecule has 0 spiro atoms. The number of aryl methyl sites for hydroxylation is 2. The summed E-state index contributed by atoms with van der Waals surface area (Å²) in [6.07, 6.45) is 4.08. The lowest BCUT2D eigenvalue weighted by Gasteiger charge is -2.00. The minimum Gasteiger partial charge on any atom is -0.330 e. The van der Waals surface area contributed by atoms with Crippen LogP contribution >= 0.6 is 0 Å². The minimum atomic E-state index is 0.736. The largest absolute Gasteiger partial charge is 0.330 e. The molecule has 0 aliphatic heterocycles. The first-order valence-corrected chi connectivity index (χ1v) is 4.95. The molecule has 3 heteroatoms. The van der Waals surface area contributed by atoms with Gasteiger partial charge in [0.25, 0.3) is 0 Å². The lowest BCUT2D eigenvalue weighted by atomic mass is 10.2. The number of nitrogens with two attached hydrogens (primary N) is 1. The van der Waals surface area contributed by atoms with E-state index in [9.17, 15) is 0 Å². The average Bonchev–Trinajstić information content (AvgIpc) is 2.51. The fourth-order valence-corrected chi connectivity index (χ4v) is 1.73. The van der Waals surface area contributed by atoms with Crippen LogP contribution in [0.15, 0.2) is 24.4 Å². The molecule has 0 aliphatic rings. The van der Waals surface area contributed by atoms with Gasteiger partial charge >= 0.3 is 0 Å². The Kier molecular flexibility index (Phi) is 2.50. The van der Waals surface area contributed by atoms with Crippen molar-refractivity contribution in [2.45, 2.75) is 19.8 Å². The fraction of sp³-hybridized carbons (Fsp3) is 0.364. The number of imidazole rings is 1. The van der Waals surface area contributed by atoms with E-state index in [4.69, 9.17) is 5.73 Å². The molecule has 0 unspecified atom stereocenters. The molecule has 2 rings (SSSR count). The maximum atomic E-state index is 5.51. The van der Waals surface area contributed by atoms with E-state index in [0.717, 1.165) is 30.7 Å². The van der Waals surface area contributed by atoms with Crippen LogP contribution < -0.4 is 5.73 Å². The van der Waals surface area contributed by atoms with Gasteiger partial charge in [-0.15, -0.1) is 0 Å². The van der Waals surface area contributed by atoms with Gasteiger partial charge < -0.3 is 10.1 Å². The molecule has 0 bridgehead atoms. The highest BCUT2D eigenvalue weighted by atomic mass is 15.0. The predicted octanol–water partition coefficient (Wildman–Crippen LogP) is 1.53. The van der Waals surface area contributed by atoms with Crippen molar-refractivity contribution in [3.8, 4) is 0 Å². The molecule has 0 fully saturated rings. The Bertz CT molecular complexity index is 431. The molecule has 0 atom stereocenters. The van der Waals surface area contributed by atoms with E-state index in [-0.39, 0.29) is 0 Å². The Balaban J connectivity index is 2.45. The second-order valence-corrected chi connectivity index (χ2v) is 3.46. The fourth-order valence-electron chi connectivity index (χ4n) is 1.73. The lowest BCUT2D eigenvalue weighted by molar-refractivity contribution is 0.796. The Morgan fingerprint density at radius 3 is 3.07 bits per heavy atom. The summed E-state index contributed by atoms with van der Waals surface area (Å²) in [5, 5.41) is 0. The summed E-state index contributed by atoms with van der Waals surface area (Å²) >= 11 is 0. The second-order valence-electron chi connectivity index (χ2n) is 3.46. The summed E-state index contributed by atoms with van der Waals surface area (Å²) in [6.45, 7) is 2.79. The van der Waals surface area contributed by atoms with Crippen molar-refractivity contribution in [3.05, 3.63) is 35.8 Å². The summed E-state index contributed by atoms with van der Waals surface area (Å²) in [4.78, 5) is 4.49. The first-order chi connectivity index (χ1) is 6.83. The number of nitrogens with zero attached hydrogens (tertiary/aromatic N) is 2. The van der Waals surface area contributed by atoms with Crippen molar-refractivity contribution in [1.82, 2.24) is 9.38 Å². The zero-order chi connectivity index (χ0) is 9.97. The van der Waals surface area contributed by atoms with Gasteiger partial charge in [0.1, 0.15) is 5.65 Å². The Labute approximate surface area is 83.6 Å². The average molecular weight is 189 g/mol. The van der Waals surface area contributed by atoms with E-state index in [1.807, 2.05) is 18.2 Å². The highest BCUT2D eigenvalue weighted by Gasteiger charge is 2.06. The molecule has 2 N–H and O–H groups in total. The SMILES string of the molecule is Cc1nc2ccccn2c1CCCN. The van der Waals surface area contributed by atoms with Crippen molar-refractivity contribution in [1.29, 1.82) is 0 Å². The summed E-state index contributed by atoms with van der Waals surface area (Å²) in [5.74, 6) is 0. The highest BCUT2D eigenvalue weighted by Crippen LogP contribution is 2.12. The van der Waals surface area contributed by atoms with Gasteiger partial charge in [-0.2, -0.15) is 0 Å². The third-order valence-corrected chi connectivity index (χ3v) is 2.45. The van der Waals surface area contributed by atoms with Crippen LogP contribution in [0.1, 0.15) is 17.8 Å². The normalized spacial score (nSPS) is 11.0. The smallest absolute Gasteiger partial charge is 0.137 e. The van der Waals surface area contributed by atoms with Crippen LogP contribution in [0.5, 0.6) is 0 Å². The molecule has 74 valence electrons. The molecule has 0 saturated heterocycles. The topological polar surface area (TPSA) is 43.3 Å². The second kappa shape index (κ2) is 3.80. The van der Waals surface area contributed by atoms with Crippen LogP contribution in [-0.2, 0) is 6.42 Å². The predicted molar refractivity (Wildman–Crippen MR) is 57.3 cm³/mol. The molecule has 0 saturated carbocycles. The van der Waals surface area contributed by atoms with Crippen LogP contribution in [0.2, 0.25) is 0 Å². The summed E-state index contributed by atoms with van der Waals surface area (Å²) in [5.41, 5.74) is 8.93. The number of aromatic nitrogens is 2. The Hall–Kier alpha value is -1.35. The molecular formula is C11H15N3. The highest BCUT2D eigenvalue weighted by molar-refractivity contribution is 5.42. The maximum absolute atomic E-state index is 5.51. The van der Waals surface area contributed by atoms with Gasteiger partial charge in [-0.3, -0.25) is 0 Å². The van der Waals surface area contributed by atoms with Crippen LogP contribution in [0, 0.1) is 6.92 Å². The quantitative estimate of drug-likeness (QED) is 0.795. The first-order valence-electron chi connectivity index (χ1n) is 4.95. The van der Waals surface area contributed by atoms with Crippen LogP contribution in [-0.4, -0.2) is 15.9 Å². The third kappa shape index (κ3) is 1.51. The van der Waals surface area contributed by atoms with E-state index < -0.39 is 0 Å². The minimum absolute atomic E-state index is 0.736. The Morgan fingerprint density at radius 2 is 2.29 bits per heavy atom. The van der Waals surface area contributed by atoms with E-state index in [1.54, 1.807) is 0 Å². The number of pyridine rings is 1. The van der Waals surface area contributed by atoms with E-state index in [1.165, 1.54) is 5.69 Å². The third-order valence-electron chi connectivity index (χ3n) is 2.45. The summed E-state index contributed by atoms with van der Waals surface area (Å²) in [6, 6.07) is 6.06. The van der Waals surface area contributed by atoms with Gasteiger partial charge in [-0.25, -0.2) is 4.98 Å². The molecular weight excluding hydrogens is 174 g/mol. The van der Waals surface area contributed by atoms with Gasteiger partial charge in [0.05, 0.1) is 5.69 Å². The van der Waals surface area contributed by atoms with Gasteiger partial charge in [0.2, 0.25) is 0 Å². The van der Waals surface area contributed by atoms with Crippen LogP contribution in [0.25, 0.3) is 5.65 Å². The first kappa shape index (κ1) is 9.21. The molecule has 0 radical (unpaired) electrons. The van der Waals surface area contributed by atoms with Crippen LogP contribution in [0.3, 0.4) is 0 Å². The van der Waals surface area contributed by atoms with Crippen molar-refractivity contribution in [3.63, 3.8) is 0 Å². The zero-order valence-electron chi connectivity index (χ0n) is 8.40. The van der Waals surface area contributed by atoms with Gasteiger partial charge in [0, 0.05) is 11.9 Å².